The van der Waals surface area contributed by atoms with E-state index >= 15 is 0 Å². The van der Waals surface area contributed by atoms with E-state index < -0.39 is 0 Å². The lowest BCUT2D eigenvalue weighted by Gasteiger charge is -2.11. The lowest BCUT2D eigenvalue weighted by molar-refractivity contribution is 0.277. The largest absolute Gasteiger partial charge is 0.492 e. The molecule has 0 spiro atoms. The number of benzene rings is 1. The maximum atomic E-state index is 5.77. The number of hydrogen-bond acceptors (Lipinski definition) is 4. The molecule has 1 aliphatic heterocycles. The summed E-state index contributed by atoms with van der Waals surface area (Å²) in [4.78, 5) is 4.28. The predicted molar refractivity (Wildman–Crippen MR) is 66.1 cm³/mol. The molecule has 84 valence electrons. The Kier molecular flexibility index (Phi) is 2.76. The first-order chi connectivity index (χ1) is 7.92. The first kappa shape index (κ1) is 10.1. The van der Waals surface area contributed by atoms with E-state index in [1.807, 2.05) is 17.6 Å². The maximum Gasteiger partial charge on any atom is 0.121 e. The molecule has 16 heavy (non-hydrogen) atoms. The Balaban J connectivity index is 1.68. The molecule has 1 unspecified atom stereocenters. The third kappa shape index (κ3) is 2.03. The van der Waals surface area contributed by atoms with Crippen molar-refractivity contribution in [3.8, 4) is 5.75 Å². The molecule has 1 N–H and O–H groups in total. The lowest BCUT2D eigenvalue weighted by Crippen LogP contribution is -2.28. The molecule has 2 aromatic rings. The van der Waals surface area contributed by atoms with Crippen LogP contribution in [0.25, 0.3) is 10.2 Å². The van der Waals surface area contributed by atoms with Gasteiger partial charge in [-0.3, -0.25) is 0 Å². The topological polar surface area (TPSA) is 34.1 Å². The van der Waals surface area contributed by atoms with E-state index in [2.05, 4.69) is 16.4 Å². The van der Waals surface area contributed by atoms with Gasteiger partial charge in [-0.05, 0) is 31.5 Å². The van der Waals surface area contributed by atoms with Gasteiger partial charge < -0.3 is 10.1 Å². The van der Waals surface area contributed by atoms with Crippen LogP contribution in [-0.2, 0) is 0 Å². The van der Waals surface area contributed by atoms with Crippen molar-refractivity contribution < 1.29 is 4.74 Å². The number of rotatable bonds is 3. The van der Waals surface area contributed by atoms with E-state index in [1.165, 1.54) is 17.5 Å². The van der Waals surface area contributed by atoms with Crippen LogP contribution in [-0.4, -0.2) is 24.2 Å². The van der Waals surface area contributed by atoms with Gasteiger partial charge >= 0.3 is 0 Å². The number of ether oxygens (including phenoxy) is 1. The Morgan fingerprint density at radius 2 is 2.50 bits per heavy atom. The van der Waals surface area contributed by atoms with Crippen LogP contribution in [0.2, 0.25) is 0 Å². The van der Waals surface area contributed by atoms with Crippen LogP contribution in [0.5, 0.6) is 5.75 Å². The Morgan fingerprint density at radius 3 is 3.38 bits per heavy atom. The fourth-order valence-electron chi connectivity index (χ4n) is 2.02. The van der Waals surface area contributed by atoms with Crippen LogP contribution in [0.1, 0.15) is 12.8 Å². The highest BCUT2D eigenvalue weighted by molar-refractivity contribution is 7.16. The quantitative estimate of drug-likeness (QED) is 0.885. The third-order valence-corrected chi connectivity index (χ3v) is 3.73. The number of thiazole rings is 1. The van der Waals surface area contributed by atoms with E-state index in [0.717, 1.165) is 24.4 Å². The summed E-state index contributed by atoms with van der Waals surface area (Å²) in [5.41, 5.74) is 2.90. The zero-order chi connectivity index (χ0) is 10.8. The summed E-state index contributed by atoms with van der Waals surface area (Å²) in [6.07, 6.45) is 2.48. The van der Waals surface area contributed by atoms with Crippen molar-refractivity contribution in [1.82, 2.24) is 10.3 Å². The summed E-state index contributed by atoms with van der Waals surface area (Å²) in [5.74, 6) is 0.923. The van der Waals surface area contributed by atoms with Crippen LogP contribution in [0.15, 0.2) is 23.7 Å². The summed E-state index contributed by atoms with van der Waals surface area (Å²) >= 11 is 1.66. The molecule has 1 fully saturated rings. The third-order valence-electron chi connectivity index (χ3n) is 2.92. The molecule has 3 rings (SSSR count). The van der Waals surface area contributed by atoms with Gasteiger partial charge in [-0.15, -0.1) is 11.3 Å². The fourth-order valence-corrected chi connectivity index (χ4v) is 2.68. The molecule has 1 saturated heterocycles. The summed E-state index contributed by atoms with van der Waals surface area (Å²) in [7, 11) is 0. The minimum atomic E-state index is 0.520. The highest BCUT2D eigenvalue weighted by Gasteiger charge is 2.14. The van der Waals surface area contributed by atoms with Crippen LogP contribution in [0.4, 0.5) is 0 Å². The fraction of sp³-hybridized carbons (Fsp3) is 0.417. The molecule has 0 saturated carbocycles. The summed E-state index contributed by atoms with van der Waals surface area (Å²) in [6.45, 7) is 1.88. The van der Waals surface area contributed by atoms with E-state index in [9.17, 15) is 0 Å². The Bertz CT molecular complexity index is 477. The average molecular weight is 234 g/mol. The lowest BCUT2D eigenvalue weighted by atomic mass is 10.2. The highest BCUT2D eigenvalue weighted by atomic mass is 32.1. The van der Waals surface area contributed by atoms with E-state index in [1.54, 1.807) is 11.3 Å². The van der Waals surface area contributed by atoms with Gasteiger partial charge in [-0.25, -0.2) is 4.98 Å². The molecule has 2 heterocycles. The zero-order valence-electron chi connectivity index (χ0n) is 8.98. The van der Waals surface area contributed by atoms with Gasteiger partial charge in [-0.2, -0.15) is 0 Å². The van der Waals surface area contributed by atoms with Gasteiger partial charge in [0.1, 0.15) is 12.4 Å². The number of hydrogen-bond donors (Lipinski definition) is 1. The minimum absolute atomic E-state index is 0.520. The first-order valence-corrected chi connectivity index (χ1v) is 6.49. The molecule has 1 aromatic carbocycles. The first-order valence-electron chi connectivity index (χ1n) is 5.61. The molecule has 4 heteroatoms. The van der Waals surface area contributed by atoms with Gasteiger partial charge in [0.25, 0.3) is 0 Å². The van der Waals surface area contributed by atoms with Crippen molar-refractivity contribution in [2.45, 2.75) is 18.9 Å². The summed E-state index contributed by atoms with van der Waals surface area (Å²) < 4.78 is 6.98. The molecule has 1 aliphatic rings. The van der Waals surface area contributed by atoms with Gasteiger partial charge in [0.2, 0.25) is 0 Å². The number of aromatic nitrogens is 1. The second-order valence-electron chi connectivity index (χ2n) is 4.09. The minimum Gasteiger partial charge on any atom is -0.492 e. The van der Waals surface area contributed by atoms with E-state index in [-0.39, 0.29) is 0 Å². The number of nitrogens with one attached hydrogen (secondary N) is 1. The molecular formula is C12H14N2OS. The summed E-state index contributed by atoms with van der Waals surface area (Å²) in [6, 6.07) is 6.63. The summed E-state index contributed by atoms with van der Waals surface area (Å²) in [5, 5.41) is 3.42. The van der Waals surface area contributed by atoms with Crippen molar-refractivity contribution >= 4 is 21.6 Å². The van der Waals surface area contributed by atoms with Crippen molar-refractivity contribution in [1.29, 1.82) is 0 Å². The standard InChI is InChI=1S/C12H14N2OS/c1-2-9(13-5-1)7-15-10-3-4-12-11(6-10)14-8-16-12/h3-4,6,8-9,13H,1-2,5,7H2. The molecular weight excluding hydrogens is 220 g/mol. The Morgan fingerprint density at radius 1 is 1.50 bits per heavy atom. The Hall–Kier alpha value is -1.13. The van der Waals surface area contributed by atoms with Gasteiger partial charge in [0.15, 0.2) is 0 Å². The second-order valence-corrected chi connectivity index (χ2v) is 4.97. The van der Waals surface area contributed by atoms with Crippen LogP contribution in [0, 0.1) is 0 Å². The second kappa shape index (κ2) is 4.39. The molecule has 3 nitrogen and oxygen atoms in total. The van der Waals surface area contributed by atoms with Crippen LogP contribution in [0.3, 0.4) is 0 Å². The maximum absolute atomic E-state index is 5.77. The highest BCUT2D eigenvalue weighted by Crippen LogP contribution is 2.23. The van der Waals surface area contributed by atoms with Crippen molar-refractivity contribution in [3.63, 3.8) is 0 Å². The van der Waals surface area contributed by atoms with Crippen molar-refractivity contribution in [2.24, 2.45) is 0 Å². The normalized spacial score (nSPS) is 20.4. The van der Waals surface area contributed by atoms with Crippen molar-refractivity contribution in [3.05, 3.63) is 23.7 Å². The SMILES string of the molecule is c1nc2cc(OCC3CCCN3)ccc2s1. The van der Waals surface area contributed by atoms with Crippen LogP contribution >= 0.6 is 11.3 Å². The molecule has 1 atom stereocenters. The molecule has 0 aliphatic carbocycles. The zero-order valence-corrected chi connectivity index (χ0v) is 9.80. The molecule has 1 aromatic heterocycles. The number of fused-ring (bicyclic) bond motifs is 1. The van der Waals surface area contributed by atoms with Crippen molar-refractivity contribution in [2.75, 3.05) is 13.2 Å². The van der Waals surface area contributed by atoms with E-state index in [0.29, 0.717) is 6.04 Å². The van der Waals surface area contributed by atoms with Gasteiger partial charge in [0, 0.05) is 12.1 Å². The Labute approximate surface area is 98.5 Å². The molecule has 0 amide bonds. The predicted octanol–water partition coefficient (Wildman–Crippen LogP) is 2.43. The van der Waals surface area contributed by atoms with Gasteiger partial charge in [-0.1, -0.05) is 0 Å². The molecule has 0 bridgehead atoms. The number of nitrogens with zero attached hydrogens (tertiary/aromatic N) is 1. The van der Waals surface area contributed by atoms with Crippen LogP contribution < -0.4 is 10.1 Å². The smallest absolute Gasteiger partial charge is 0.121 e. The monoisotopic (exact) mass is 234 g/mol. The average Bonchev–Trinajstić information content (AvgIpc) is 2.97. The van der Waals surface area contributed by atoms with Gasteiger partial charge in [0.05, 0.1) is 15.7 Å². The molecule has 0 radical (unpaired) electrons. The van der Waals surface area contributed by atoms with E-state index in [4.69, 9.17) is 4.74 Å².